The standard InChI is InChI=1S/C16H24ClN/c1-12-8-13(2)10-14(9-12)11-18-16-7-5-3-4-6-15(16)17/h8-10,15-16,18H,3-7,11H2,1-2H3. The van der Waals surface area contributed by atoms with Crippen molar-refractivity contribution >= 4 is 11.6 Å². The number of aryl methyl sites for hydroxylation is 2. The molecule has 1 aliphatic rings. The monoisotopic (exact) mass is 265 g/mol. The number of nitrogens with one attached hydrogen (secondary N) is 1. The molecule has 0 amide bonds. The van der Waals surface area contributed by atoms with Gasteiger partial charge in [-0.15, -0.1) is 11.6 Å². The van der Waals surface area contributed by atoms with E-state index in [0.717, 1.165) is 13.0 Å². The van der Waals surface area contributed by atoms with Gasteiger partial charge in [0.1, 0.15) is 0 Å². The van der Waals surface area contributed by atoms with Gasteiger partial charge in [0.2, 0.25) is 0 Å². The van der Waals surface area contributed by atoms with Crippen LogP contribution in [0.1, 0.15) is 48.8 Å². The average molecular weight is 266 g/mol. The van der Waals surface area contributed by atoms with Gasteiger partial charge >= 0.3 is 0 Å². The SMILES string of the molecule is Cc1cc(C)cc(CNC2CCCCCC2Cl)c1. The second-order valence-corrected chi connectivity index (χ2v) is 6.20. The summed E-state index contributed by atoms with van der Waals surface area (Å²) in [5, 5.41) is 3.95. The first-order chi connectivity index (χ1) is 8.65. The van der Waals surface area contributed by atoms with Gasteiger partial charge in [0.05, 0.1) is 0 Å². The molecule has 1 saturated carbocycles. The van der Waals surface area contributed by atoms with E-state index in [9.17, 15) is 0 Å². The number of hydrogen-bond donors (Lipinski definition) is 1. The maximum absolute atomic E-state index is 6.45. The summed E-state index contributed by atoms with van der Waals surface area (Å²) < 4.78 is 0. The van der Waals surface area contributed by atoms with Gasteiger partial charge in [0.15, 0.2) is 0 Å². The lowest BCUT2D eigenvalue weighted by molar-refractivity contribution is 0.464. The Kier molecular flexibility index (Phi) is 5.08. The third kappa shape index (κ3) is 4.00. The molecule has 2 atom stereocenters. The second kappa shape index (κ2) is 6.58. The topological polar surface area (TPSA) is 12.0 Å². The molecule has 0 aliphatic heterocycles. The molecule has 18 heavy (non-hydrogen) atoms. The normalized spacial score (nSPS) is 24.8. The van der Waals surface area contributed by atoms with Crippen LogP contribution in [-0.2, 0) is 6.54 Å². The predicted octanol–water partition coefficient (Wildman–Crippen LogP) is 4.33. The average Bonchev–Trinajstić information content (AvgIpc) is 2.50. The molecule has 1 fully saturated rings. The molecule has 1 aromatic rings. The zero-order chi connectivity index (χ0) is 13.0. The molecule has 0 aromatic heterocycles. The van der Waals surface area contributed by atoms with Gasteiger partial charge in [0.25, 0.3) is 0 Å². The van der Waals surface area contributed by atoms with Gasteiger partial charge in [-0.25, -0.2) is 0 Å². The molecular weight excluding hydrogens is 242 g/mol. The van der Waals surface area contributed by atoms with Crippen LogP contribution >= 0.6 is 11.6 Å². The highest BCUT2D eigenvalue weighted by atomic mass is 35.5. The van der Waals surface area contributed by atoms with E-state index in [1.807, 2.05) is 0 Å². The molecule has 1 N–H and O–H groups in total. The molecule has 2 unspecified atom stereocenters. The van der Waals surface area contributed by atoms with Crippen LogP contribution in [0.4, 0.5) is 0 Å². The zero-order valence-corrected chi connectivity index (χ0v) is 12.3. The Bertz CT molecular complexity index is 368. The molecule has 1 nitrogen and oxygen atoms in total. The van der Waals surface area contributed by atoms with E-state index < -0.39 is 0 Å². The van der Waals surface area contributed by atoms with Crippen molar-refractivity contribution in [1.82, 2.24) is 5.32 Å². The van der Waals surface area contributed by atoms with Crippen molar-refractivity contribution in [1.29, 1.82) is 0 Å². The van der Waals surface area contributed by atoms with Crippen LogP contribution in [0.15, 0.2) is 18.2 Å². The van der Waals surface area contributed by atoms with Crippen LogP contribution in [0.25, 0.3) is 0 Å². The number of alkyl halides is 1. The number of halogens is 1. The van der Waals surface area contributed by atoms with Crippen LogP contribution in [-0.4, -0.2) is 11.4 Å². The summed E-state index contributed by atoms with van der Waals surface area (Å²) >= 11 is 6.45. The summed E-state index contributed by atoms with van der Waals surface area (Å²) in [5.41, 5.74) is 4.06. The van der Waals surface area contributed by atoms with E-state index in [2.05, 4.69) is 37.4 Å². The van der Waals surface area contributed by atoms with Crippen molar-refractivity contribution in [2.75, 3.05) is 0 Å². The van der Waals surface area contributed by atoms with E-state index in [4.69, 9.17) is 11.6 Å². The maximum Gasteiger partial charge on any atom is 0.0489 e. The summed E-state index contributed by atoms with van der Waals surface area (Å²) in [4.78, 5) is 0. The van der Waals surface area contributed by atoms with Gasteiger partial charge in [-0.1, -0.05) is 48.6 Å². The van der Waals surface area contributed by atoms with Crippen LogP contribution in [0, 0.1) is 13.8 Å². The third-order valence-electron chi connectivity index (χ3n) is 3.78. The third-order valence-corrected chi connectivity index (χ3v) is 4.30. The fraction of sp³-hybridized carbons (Fsp3) is 0.625. The molecule has 0 bridgehead atoms. The summed E-state index contributed by atoms with van der Waals surface area (Å²) in [6.07, 6.45) is 6.32. The van der Waals surface area contributed by atoms with Gasteiger partial charge in [-0.2, -0.15) is 0 Å². The van der Waals surface area contributed by atoms with Gasteiger partial charge in [-0.3, -0.25) is 0 Å². The Labute approximate surface area is 116 Å². The van der Waals surface area contributed by atoms with Gasteiger partial charge in [0, 0.05) is 18.0 Å². The van der Waals surface area contributed by atoms with Crippen LogP contribution in [0.3, 0.4) is 0 Å². The van der Waals surface area contributed by atoms with Crippen molar-refractivity contribution < 1.29 is 0 Å². The van der Waals surface area contributed by atoms with E-state index in [-0.39, 0.29) is 0 Å². The number of benzene rings is 1. The lowest BCUT2D eigenvalue weighted by Gasteiger charge is -2.21. The fourth-order valence-corrected chi connectivity index (χ4v) is 3.28. The molecule has 2 heteroatoms. The highest BCUT2D eigenvalue weighted by Crippen LogP contribution is 2.22. The van der Waals surface area contributed by atoms with Gasteiger partial charge < -0.3 is 5.32 Å². The summed E-state index contributed by atoms with van der Waals surface area (Å²) in [6, 6.07) is 7.23. The molecule has 0 spiro atoms. The quantitative estimate of drug-likeness (QED) is 0.634. The van der Waals surface area contributed by atoms with Crippen molar-refractivity contribution in [3.63, 3.8) is 0 Å². The molecular formula is C16H24ClN. The van der Waals surface area contributed by atoms with Gasteiger partial charge in [-0.05, 0) is 32.3 Å². The van der Waals surface area contributed by atoms with E-state index in [1.54, 1.807) is 0 Å². The molecule has 0 saturated heterocycles. The van der Waals surface area contributed by atoms with Crippen molar-refractivity contribution in [3.8, 4) is 0 Å². The highest BCUT2D eigenvalue weighted by molar-refractivity contribution is 6.21. The number of rotatable bonds is 3. The molecule has 100 valence electrons. The lowest BCUT2D eigenvalue weighted by Crippen LogP contribution is -2.35. The maximum atomic E-state index is 6.45. The molecule has 2 rings (SSSR count). The second-order valence-electron chi connectivity index (χ2n) is 5.64. The van der Waals surface area contributed by atoms with E-state index in [0.29, 0.717) is 11.4 Å². The summed E-state index contributed by atoms with van der Waals surface area (Å²) in [5.74, 6) is 0. The smallest absolute Gasteiger partial charge is 0.0489 e. The van der Waals surface area contributed by atoms with Crippen LogP contribution < -0.4 is 5.32 Å². The summed E-state index contributed by atoms with van der Waals surface area (Å²) in [6.45, 7) is 5.26. The van der Waals surface area contributed by atoms with Crippen LogP contribution in [0.2, 0.25) is 0 Å². The zero-order valence-electron chi connectivity index (χ0n) is 11.5. The minimum absolute atomic E-state index is 0.304. The molecule has 1 aliphatic carbocycles. The molecule has 1 aromatic carbocycles. The predicted molar refractivity (Wildman–Crippen MR) is 79.3 cm³/mol. The molecule has 0 heterocycles. The van der Waals surface area contributed by atoms with Crippen molar-refractivity contribution in [3.05, 3.63) is 34.9 Å². The first kappa shape index (κ1) is 13.9. The first-order valence-corrected chi connectivity index (χ1v) is 7.53. The van der Waals surface area contributed by atoms with Crippen molar-refractivity contribution in [2.45, 2.75) is 63.9 Å². The Hall–Kier alpha value is -0.530. The van der Waals surface area contributed by atoms with Crippen molar-refractivity contribution in [2.24, 2.45) is 0 Å². The Morgan fingerprint density at radius 3 is 2.44 bits per heavy atom. The largest absolute Gasteiger partial charge is 0.308 e. The van der Waals surface area contributed by atoms with Crippen LogP contribution in [0.5, 0.6) is 0 Å². The highest BCUT2D eigenvalue weighted by Gasteiger charge is 2.20. The summed E-state index contributed by atoms with van der Waals surface area (Å²) in [7, 11) is 0. The Morgan fingerprint density at radius 2 is 1.72 bits per heavy atom. The Morgan fingerprint density at radius 1 is 1.06 bits per heavy atom. The first-order valence-electron chi connectivity index (χ1n) is 7.10. The fourth-order valence-electron chi connectivity index (χ4n) is 2.91. The molecule has 0 radical (unpaired) electrons. The Balaban J connectivity index is 1.93. The lowest BCUT2D eigenvalue weighted by atomic mass is 10.1. The van der Waals surface area contributed by atoms with E-state index >= 15 is 0 Å². The minimum atomic E-state index is 0.304. The number of hydrogen-bond acceptors (Lipinski definition) is 1. The van der Waals surface area contributed by atoms with E-state index in [1.165, 1.54) is 42.4 Å². The minimum Gasteiger partial charge on any atom is -0.308 e.